The van der Waals surface area contributed by atoms with Gasteiger partial charge < -0.3 is 10.2 Å². The molecule has 0 heterocycles. The second kappa shape index (κ2) is 5.23. The van der Waals surface area contributed by atoms with Crippen molar-refractivity contribution in [1.82, 2.24) is 0 Å². The lowest BCUT2D eigenvalue weighted by Crippen LogP contribution is -1.99. The summed E-state index contributed by atoms with van der Waals surface area (Å²) in [7, 11) is 1.60. The molecule has 0 radical (unpaired) electrons. The Balaban J connectivity index is 0.00000144. The molecule has 2 N–H and O–H groups in total. The lowest BCUT2D eigenvalue weighted by Gasteiger charge is -2.03. The van der Waals surface area contributed by atoms with Gasteiger partial charge in [0.2, 0.25) is 5.78 Å². The molecule has 0 aromatic heterocycles. The van der Waals surface area contributed by atoms with Crippen LogP contribution in [0.1, 0.15) is 10.4 Å². The molecule has 0 unspecified atom stereocenters. The molecular weight excluding hydrogens is 220 g/mol. The molecule has 88 valence electrons. The van der Waals surface area contributed by atoms with Gasteiger partial charge in [-0.05, 0) is 29.0 Å². The van der Waals surface area contributed by atoms with Gasteiger partial charge >= 0.3 is 0 Å². The summed E-state index contributed by atoms with van der Waals surface area (Å²) in [4.78, 5) is 21.6. The van der Waals surface area contributed by atoms with Crippen molar-refractivity contribution < 1.29 is 19.8 Å². The quantitative estimate of drug-likeness (QED) is 0.456. The fourth-order valence-corrected chi connectivity index (χ4v) is 1.57. The number of ketones is 1. The number of fused-ring (bicyclic) bond motifs is 1. The summed E-state index contributed by atoms with van der Waals surface area (Å²) in [6.07, 6.45) is 0.324. The molecule has 2 rings (SSSR count). The first kappa shape index (κ1) is 12.9. The topological polar surface area (TPSA) is 74.9 Å². The van der Waals surface area contributed by atoms with Gasteiger partial charge in [0, 0.05) is 5.56 Å². The maximum absolute atomic E-state index is 11.2. The summed E-state index contributed by atoms with van der Waals surface area (Å²) in [5, 5.41) is 1.88. The number of methoxy groups -OCH3 is 1. The van der Waals surface area contributed by atoms with E-state index in [2.05, 4.69) is 0 Å². The van der Waals surface area contributed by atoms with Crippen molar-refractivity contribution in [1.29, 1.82) is 0 Å². The third kappa shape index (κ3) is 2.49. The molecule has 17 heavy (non-hydrogen) atoms. The van der Waals surface area contributed by atoms with Crippen LogP contribution in [-0.4, -0.2) is 24.7 Å². The summed E-state index contributed by atoms with van der Waals surface area (Å²) in [5.74, 6) is 0.264. The fraction of sp³-hybridized carbons (Fsp3) is 0.0769. The van der Waals surface area contributed by atoms with Gasteiger partial charge in [-0.2, -0.15) is 0 Å². The molecule has 0 saturated heterocycles. The zero-order valence-corrected chi connectivity index (χ0v) is 9.27. The van der Waals surface area contributed by atoms with Crippen LogP contribution in [-0.2, 0) is 4.79 Å². The highest BCUT2D eigenvalue weighted by Crippen LogP contribution is 2.21. The Morgan fingerprint density at radius 2 is 1.76 bits per heavy atom. The van der Waals surface area contributed by atoms with Crippen molar-refractivity contribution >= 4 is 22.8 Å². The van der Waals surface area contributed by atoms with Gasteiger partial charge in [0.05, 0.1) is 7.11 Å². The molecule has 0 atom stereocenters. The van der Waals surface area contributed by atoms with E-state index in [1.807, 2.05) is 18.2 Å². The van der Waals surface area contributed by atoms with Crippen molar-refractivity contribution in [3.8, 4) is 5.75 Å². The molecule has 0 aliphatic carbocycles. The smallest absolute Gasteiger partial charge is 0.225 e. The monoisotopic (exact) mass is 232 g/mol. The van der Waals surface area contributed by atoms with Crippen molar-refractivity contribution in [2.45, 2.75) is 0 Å². The van der Waals surface area contributed by atoms with Crippen molar-refractivity contribution in [2.75, 3.05) is 7.11 Å². The number of carbonyl (C=O) groups excluding carboxylic acids is 2. The van der Waals surface area contributed by atoms with E-state index in [0.717, 1.165) is 16.5 Å². The molecule has 0 spiro atoms. The number of hydrogen-bond acceptors (Lipinski definition) is 3. The first-order valence-corrected chi connectivity index (χ1v) is 4.82. The standard InChI is InChI=1S/C13H10O3.H2O/c1-16-12-5-4-9-6-11(13(15)8-14)3-2-10(9)7-12;/h2-8H,1H3;1H2. The fourth-order valence-electron chi connectivity index (χ4n) is 1.57. The van der Waals surface area contributed by atoms with E-state index in [1.165, 1.54) is 0 Å². The van der Waals surface area contributed by atoms with Gasteiger partial charge in [0.15, 0.2) is 6.29 Å². The second-order valence-electron chi connectivity index (χ2n) is 3.41. The molecule has 0 aliphatic heterocycles. The Hall–Kier alpha value is -2.20. The Labute approximate surface area is 98.1 Å². The Kier molecular flexibility index (Phi) is 3.96. The van der Waals surface area contributed by atoms with Gasteiger partial charge in [-0.25, -0.2) is 0 Å². The second-order valence-corrected chi connectivity index (χ2v) is 3.41. The van der Waals surface area contributed by atoms with Crippen LogP contribution >= 0.6 is 0 Å². The average molecular weight is 232 g/mol. The maximum atomic E-state index is 11.2. The Morgan fingerprint density at radius 1 is 1.12 bits per heavy atom. The van der Waals surface area contributed by atoms with Crippen LogP contribution in [0.2, 0.25) is 0 Å². The van der Waals surface area contributed by atoms with E-state index in [-0.39, 0.29) is 5.48 Å². The van der Waals surface area contributed by atoms with E-state index in [9.17, 15) is 9.59 Å². The molecule has 4 nitrogen and oxygen atoms in total. The molecule has 4 heteroatoms. The zero-order valence-electron chi connectivity index (χ0n) is 9.27. The van der Waals surface area contributed by atoms with Crippen LogP contribution in [0.5, 0.6) is 5.75 Å². The first-order valence-electron chi connectivity index (χ1n) is 4.82. The molecule has 2 aromatic carbocycles. The highest BCUT2D eigenvalue weighted by atomic mass is 16.5. The number of Topliss-reactive ketones (excluding diaryl/α,β-unsaturated/α-hetero) is 1. The van der Waals surface area contributed by atoms with Crippen molar-refractivity contribution in [3.63, 3.8) is 0 Å². The summed E-state index contributed by atoms with van der Waals surface area (Å²) in [6.45, 7) is 0. The number of ether oxygens (including phenoxy) is 1. The van der Waals surface area contributed by atoms with Crippen LogP contribution in [0, 0.1) is 0 Å². The van der Waals surface area contributed by atoms with E-state index >= 15 is 0 Å². The van der Waals surface area contributed by atoms with Crippen LogP contribution in [0.25, 0.3) is 10.8 Å². The van der Waals surface area contributed by atoms with Gasteiger partial charge in [0.1, 0.15) is 5.75 Å². The van der Waals surface area contributed by atoms with E-state index < -0.39 is 5.78 Å². The minimum atomic E-state index is -0.502. The predicted octanol–water partition coefficient (Wildman–Crippen LogP) is 1.41. The van der Waals surface area contributed by atoms with Gasteiger partial charge in [-0.1, -0.05) is 18.2 Å². The molecule has 0 bridgehead atoms. The molecule has 0 saturated carbocycles. The lowest BCUT2D eigenvalue weighted by molar-refractivity contribution is -0.104. The SMILES string of the molecule is COc1ccc2cc(C(=O)C=O)ccc2c1.O. The van der Waals surface area contributed by atoms with E-state index in [4.69, 9.17) is 4.74 Å². The number of hydrogen-bond donors (Lipinski definition) is 0. The van der Waals surface area contributed by atoms with Gasteiger partial charge in [0.25, 0.3) is 0 Å². The minimum absolute atomic E-state index is 0. The largest absolute Gasteiger partial charge is 0.497 e. The van der Waals surface area contributed by atoms with Crippen molar-refractivity contribution in [3.05, 3.63) is 42.0 Å². The number of aldehydes is 1. The van der Waals surface area contributed by atoms with E-state index in [1.54, 1.807) is 25.3 Å². The molecule has 0 aliphatic rings. The summed E-state index contributed by atoms with van der Waals surface area (Å²) in [6, 6.07) is 10.7. The van der Waals surface area contributed by atoms with Gasteiger partial charge in [-0.3, -0.25) is 9.59 Å². The Morgan fingerprint density at radius 3 is 2.41 bits per heavy atom. The van der Waals surface area contributed by atoms with Crippen LogP contribution in [0.4, 0.5) is 0 Å². The van der Waals surface area contributed by atoms with Crippen molar-refractivity contribution in [2.24, 2.45) is 0 Å². The first-order chi connectivity index (χ1) is 7.74. The number of benzene rings is 2. The average Bonchev–Trinajstić information content (AvgIpc) is 2.36. The minimum Gasteiger partial charge on any atom is -0.497 e. The lowest BCUT2D eigenvalue weighted by atomic mass is 10.0. The number of carbonyl (C=O) groups is 2. The van der Waals surface area contributed by atoms with Crippen LogP contribution in [0.3, 0.4) is 0 Å². The van der Waals surface area contributed by atoms with Gasteiger partial charge in [-0.15, -0.1) is 0 Å². The molecule has 0 amide bonds. The highest BCUT2D eigenvalue weighted by Gasteiger charge is 2.05. The summed E-state index contributed by atoms with van der Waals surface area (Å²) in [5.41, 5.74) is 0.410. The molecule has 0 fully saturated rings. The molecule has 2 aromatic rings. The van der Waals surface area contributed by atoms with E-state index in [0.29, 0.717) is 11.8 Å². The van der Waals surface area contributed by atoms with Crippen LogP contribution < -0.4 is 4.74 Å². The molecular formula is C13H12O4. The predicted molar refractivity (Wildman–Crippen MR) is 64.5 cm³/mol. The summed E-state index contributed by atoms with van der Waals surface area (Å²) >= 11 is 0. The Bertz CT molecular complexity index is 560. The normalized spacial score (nSPS) is 9.47. The highest BCUT2D eigenvalue weighted by molar-refractivity contribution is 6.33. The van der Waals surface area contributed by atoms with Crippen LogP contribution in [0.15, 0.2) is 36.4 Å². The zero-order chi connectivity index (χ0) is 11.5. The summed E-state index contributed by atoms with van der Waals surface area (Å²) < 4.78 is 5.10. The maximum Gasteiger partial charge on any atom is 0.225 e. The third-order valence-electron chi connectivity index (χ3n) is 2.44. The number of rotatable bonds is 3. The third-order valence-corrected chi connectivity index (χ3v) is 2.44.